The fourth-order valence-corrected chi connectivity index (χ4v) is 5.02. The molecule has 2 fully saturated rings. The standard InChI is InChI=1S/C15H18N4O4S/c20-14(17-11-2-1-6-16-9-11)13-8-15(23-18-13)5-7-19(10-15)24(21,22)12-3-4-12/h1-2,6,9,12H,3-5,7-8,10H2,(H,17,20)/t15-/m0/s1. The Labute approximate surface area is 139 Å². The van der Waals surface area contributed by atoms with Crippen LogP contribution >= 0.6 is 0 Å². The van der Waals surface area contributed by atoms with Gasteiger partial charge in [-0.25, -0.2) is 8.42 Å². The SMILES string of the molecule is O=C(Nc1cccnc1)C1=NO[C@@]2(CCN(S(=O)(=O)C3CC3)C2)C1. The van der Waals surface area contributed by atoms with Crippen LogP contribution in [0.5, 0.6) is 0 Å². The molecule has 1 atom stereocenters. The number of amides is 1. The minimum atomic E-state index is -3.22. The van der Waals surface area contributed by atoms with Crippen molar-refractivity contribution in [3.05, 3.63) is 24.5 Å². The molecule has 3 heterocycles. The van der Waals surface area contributed by atoms with Crippen LogP contribution in [0.4, 0.5) is 5.69 Å². The molecular formula is C15H18N4O4S. The number of nitrogens with zero attached hydrogens (tertiary/aromatic N) is 3. The molecule has 2 aliphatic heterocycles. The Balaban J connectivity index is 1.40. The largest absolute Gasteiger partial charge is 0.387 e. The summed E-state index contributed by atoms with van der Waals surface area (Å²) >= 11 is 0. The zero-order chi connectivity index (χ0) is 16.8. The molecule has 24 heavy (non-hydrogen) atoms. The zero-order valence-electron chi connectivity index (χ0n) is 13.0. The fraction of sp³-hybridized carbons (Fsp3) is 0.533. The number of pyridine rings is 1. The summed E-state index contributed by atoms with van der Waals surface area (Å²) in [4.78, 5) is 21.7. The molecule has 9 heteroatoms. The van der Waals surface area contributed by atoms with Crippen LogP contribution < -0.4 is 5.32 Å². The lowest BCUT2D eigenvalue weighted by atomic mass is 9.96. The van der Waals surface area contributed by atoms with Crippen LogP contribution in [0.15, 0.2) is 29.7 Å². The van der Waals surface area contributed by atoms with Crippen molar-refractivity contribution in [1.29, 1.82) is 0 Å². The van der Waals surface area contributed by atoms with Crippen LogP contribution in [0, 0.1) is 0 Å². The quantitative estimate of drug-likeness (QED) is 0.863. The van der Waals surface area contributed by atoms with E-state index in [0.717, 1.165) is 12.8 Å². The summed E-state index contributed by atoms with van der Waals surface area (Å²) in [6, 6.07) is 3.46. The van der Waals surface area contributed by atoms with Crippen molar-refractivity contribution in [1.82, 2.24) is 9.29 Å². The number of hydrogen-bond donors (Lipinski definition) is 1. The van der Waals surface area contributed by atoms with Crippen molar-refractivity contribution in [3.8, 4) is 0 Å². The molecule has 0 unspecified atom stereocenters. The van der Waals surface area contributed by atoms with Gasteiger partial charge in [-0.2, -0.15) is 4.31 Å². The molecule has 1 amide bonds. The maximum Gasteiger partial charge on any atom is 0.273 e. The molecule has 0 aromatic carbocycles. The molecule has 0 bridgehead atoms. The molecule has 1 aromatic rings. The van der Waals surface area contributed by atoms with Crippen molar-refractivity contribution in [2.45, 2.75) is 36.5 Å². The molecule has 1 aromatic heterocycles. The maximum absolute atomic E-state index is 12.3. The Hall–Kier alpha value is -2.00. The zero-order valence-corrected chi connectivity index (χ0v) is 13.8. The van der Waals surface area contributed by atoms with E-state index < -0.39 is 15.6 Å². The molecule has 1 saturated carbocycles. The average Bonchev–Trinajstić information content (AvgIpc) is 3.24. The first-order valence-electron chi connectivity index (χ1n) is 7.94. The van der Waals surface area contributed by atoms with Gasteiger partial charge in [0, 0.05) is 25.6 Å². The predicted octanol–water partition coefficient (Wildman–Crippen LogP) is 0.733. The molecule has 1 saturated heterocycles. The number of anilines is 1. The number of nitrogens with one attached hydrogen (secondary N) is 1. The number of hydrogen-bond acceptors (Lipinski definition) is 6. The first-order valence-corrected chi connectivity index (χ1v) is 9.44. The van der Waals surface area contributed by atoms with Gasteiger partial charge in [0.2, 0.25) is 10.0 Å². The van der Waals surface area contributed by atoms with Gasteiger partial charge in [-0.1, -0.05) is 5.16 Å². The molecule has 3 aliphatic rings. The van der Waals surface area contributed by atoms with Gasteiger partial charge < -0.3 is 10.2 Å². The molecule has 1 N–H and O–H groups in total. The second-order valence-corrected chi connectivity index (χ2v) is 8.73. The highest BCUT2D eigenvalue weighted by Gasteiger charge is 2.52. The summed E-state index contributed by atoms with van der Waals surface area (Å²) in [6.45, 7) is 0.685. The van der Waals surface area contributed by atoms with Crippen molar-refractivity contribution < 1.29 is 18.0 Å². The van der Waals surface area contributed by atoms with Gasteiger partial charge in [-0.15, -0.1) is 0 Å². The molecule has 4 rings (SSSR count). The van der Waals surface area contributed by atoms with Gasteiger partial charge in [0.15, 0.2) is 5.60 Å². The predicted molar refractivity (Wildman–Crippen MR) is 86.9 cm³/mol. The third kappa shape index (κ3) is 2.78. The summed E-state index contributed by atoms with van der Waals surface area (Å²) in [5.41, 5.74) is 0.156. The van der Waals surface area contributed by atoms with Gasteiger partial charge in [0.25, 0.3) is 5.91 Å². The van der Waals surface area contributed by atoms with E-state index in [2.05, 4.69) is 15.5 Å². The number of aromatic nitrogens is 1. The Morgan fingerprint density at radius 1 is 1.42 bits per heavy atom. The third-order valence-corrected chi connectivity index (χ3v) is 6.95. The number of carbonyl (C=O) groups excluding carboxylic acids is 1. The minimum absolute atomic E-state index is 0.233. The number of rotatable bonds is 4. The Morgan fingerprint density at radius 3 is 2.96 bits per heavy atom. The van der Waals surface area contributed by atoms with E-state index in [1.807, 2.05) is 0 Å². The summed E-state index contributed by atoms with van der Waals surface area (Å²) in [6.07, 6.45) is 5.50. The van der Waals surface area contributed by atoms with Gasteiger partial charge >= 0.3 is 0 Å². The number of carbonyl (C=O) groups is 1. The van der Waals surface area contributed by atoms with Crippen LogP contribution in [-0.2, 0) is 19.7 Å². The van der Waals surface area contributed by atoms with Gasteiger partial charge in [-0.05, 0) is 25.0 Å². The van der Waals surface area contributed by atoms with Crippen LogP contribution in [0.3, 0.4) is 0 Å². The monoisotopic (exact) mass is 350 g/mol. The van der Waals surface area contributed by atoms with Crippen molar-refractivity contribution in [2.24, 2.45) is 5.16 Å². The van der Waals surface area contributed by atoms with Gasteiger partial charge in [0.05, 0.1) is 23.7 Å². The smallest absolute Gasteiger partial charge is 0.273 e. The van der Waals surface area contributed by atoms with E-state index in [0.29, 0.717) is 25.1 Å². The molecule has 8 nitrogen and oxygen atoms in total. The van der Waals surface area contributed by atoms with Crippen molar-refractivity contribution in [2.75, 3.05) is 18.4 Å². The van der Waals surface area contributed by atoms with Crippen LogP contribution in [0.25, 0.3) is 0 Å². The molecule has 1 aliphatic carbocycles. The van der Waals surface area contributed by atoms with E-state index >= 15 is 0 Å². The van der Waals surface area contributed by atoms with E-state index in [-0.39, 0.29) is 23.4 Å². The highest BCUT2D eigenvalue weighted by Crippen LogP contribution is 2.39. The second kappa shape index (κ2) is 5.52. The first kappa shape index (κ1) is 15.5. The molecule has 128 valence electrons. The van der Waals surface area contributed by atoms with Crippen LogP contribution in [0.1, 0.15) is 25.7 Å². The third-order valence-electron chi connectivity index (χ3n) is 4.61. The summed E-state index contributed by atoms with van der Waals surface area (Å²) in [7, 11) is -3.22. The molecule has 1 spiro atoms. The second-order valence-electron chi connectivity index (χ2n) is 6.51. The molecular weight excluding hydrogens is 332 g/mol. The summed E-state index contributed by atoms with van der Waals surface area (Å²) in [5.74, 6) is -0.344. The van der Waals surface area contributed by atoms with E-state index in [4.69, 9.17) is 4.84 Å². The van der Waals surface area contributed by atoms with Gasteiger partial charge in [-0.3, -0.25) is 9.78 Å². The summed E-state index contributed by atoms with van der Waals surface area (Å²) in [5, 5.41) is 6.39. The molecule has 0 radical (unpaired) electrons. The van der Waals surface area contributed by atoms with Crippen molar-refractivity contribution >= 4 is 27.3 Å². The topological polar surface area (TPSA) is 101 Å². The Morgan fingerprint density at radius 2 is 2.25 bits per heavy atom. The fourth-order valence-electron chi connectivity index (χ4n) is 3.10. The number of oxime groups is 1. The lowest BCUT2D eigenvalue weighted by Gasteiger charge is -2.21. The highest BCUT2D eigenvalue weighted by atomic mass is 32.2. The van der Waals surface area contributed by atoms with Crippen LogP contribution in [-0.4, -0.2) is 53.3 Å². The first-order chi connectivity index (χ1) is 11.5. The van der Waals surface area contributed by atoms with E-state index in [1.165, 1.54) is 4.31 Å². The lowest BCUT2D eigenvalue weighted by Crippen LogP contribution is -2.38. The lowest BCUT2D eigenvalue weighted by molar-refractivity contribution is -0.110. The van der Waals surface area contributed by atoms with Gasteiger partial charge in [0.1, 0.15) is 5.71 Å². The minimum Gasteiger partial charge on any atom is -0.387 e. The average molecular weight is 350 g/mol. The summed E-state index contributed by atoms with van der Waals surface area (Å²) < 4.78 is 26.2. The van der Waals surface area contributed by atoms with Crippen LogP contribution in [0.2, 0.25) is 0 Å². The van der Waals surface area contributed by atoms with Crippen molar-refractivity contribution in [3.63, 3.8) is 0 Å². The number of sulfonamides is 1. The Kier molecular flexibility index (Phi) is 3.57. The Bertz CT molecular complexity index is 791. The van der Waals surface area contributed by atoms with E-state index in [9.17, 15) is 13.2 Å². The van der Waals surface area contributed by atoms with E-state index in [1.54, 1.807) is 24.5 Å². The normalized spacial score (nSPS) is 27.1. The maximum atomic E-state index is 12.3. The highest BCUT2D eigenvalue weighted by molar-refractivity contribution is 7.90.